The summed E-state index contributed by atoms with van der Waals surface area (Å²) in [6.45, 7) is 4.00. The Balaban J connectivity index is 0.00000109. The van der Waals surface area contributed by atoms with Gasteiger partial charge in [-0.1, -0.05) is 38.1 Å². The summed E-state index contributed by atoms with van der Waals surface area (Å²) in [5, 5.41) is 13.7. The molecule has 0 atom stereocenters. The number of pyridine rings is 1. The lowest BCUT2D eigenvalue weighted by Gasteiger charge is -2.06. The standard InChI is InChI=1S/C16H11N3O4.C2H6/c20-15-11-7-4-8-13(19(22)23)14(11)17-9-12(15)16(21)18-10-5-2-1-3-6-10;1-2/h1-9H,(H,17,20)(H,18,21);1-2H3. The number of hydrogen-bond acceptors (Lipinski definition) is 4. The zero-order chi connectivity index (χ0) is 18.4. The number of non-ortho nitro benzene ring substituents is 1. The van der Waals surface area contributed by atoms with Gasteiger partial charge in [0.2, 0.25) is 5.43 Å². The second-order valence-electron chi connectivity index (χ2n) is 4.81. The van der Waals surface area contributed by atoms with Crippen LogP contribution >= 0.6 is 0 Å². The van der Waals surface area contributed by atoms with Crippen molar-refractivity contribution in [1.29, 1.82) is 0 Å². The summed E-state index contributed by atoms with van der Waals surface area (Å²) in [6.07, 6.45) is 1.19. The molecule has 0 aliphatic rings. The number of H-pyrrole nitrogens is 1. The summed E-state index contributed by atoms with van der Waals surface area (Å²) in [4.78, 5) is 37.7. The zero-order valence-electron chi connectivity index (χ0n) is 13.8. The number of hydrogen-bond donors (Lipinski definition) is 2. The molecule has 0 unspecified atom stereocenters. The quantitative estimate of drug-likeness (QED) is 0.560. The van der Waals surface area contributed by atoms with Gasteiger partial charge in [-0.2, -0.15) is 0 Å². The second kappa shape index (κ2) is 7.87. The SMILES string of the molecule is CC.O=C(Nc1ccccc1)c1c[nH]c2c([N+](=O)[O-])cccc2c1=O. The van der Waals surface area contributed by atoms with Crippen LogP contribution in [0.4, 0.5) is 11.4 Å². The summed E-state index contributed by atoms with van der Waals surface area (Å²) >= 11 is 0. The van der Waals surface area contributed by atoms with E-state index in [1.54, 1.807) is 30.3 Å². The number of rotatable bonds is 3. The number of anilines is 1. The van der Waals surface area contributed by atoms with Crippen molar-refractivity contribution in [3.63, 3.8) is 0 Å². The fraction of sp³-hybridized carbons (Fsp3) is 0.111. The molecule has 7 heteroatoms. The van der Waals surface area contributed by atoms with E-state index in [0.29, 0.717) is 5.69 Å². The molecule has 0 saturated carbocycles. The first-order valence-corrected chi connectivity index (χ1v) is 7.73. The van der Waals surface area contributed by atoms with E-state index in [4.69, 9.17) is 0 Å². The molecule has 2 aromatic carbocycles. The third-order valence-corrected chi connectivity index (χ3v) is 3.37. The first-order valence-electron chi connectivity index (χ1n) is 7.73. The molecule has 1 amide bonds. The number of aromatic amines is 1. The zero-order valence-corrected chi connectivity index (χ0v) is 13.8. The van der Waals surface area contributed by atoms with E-state index in [1.807, 2.05) is 13.8 Å². The van der Waals surface area contributed by atoms with Crippen molar-refractivity contribution in [1.82, 2.24) is 4.98 Å². The highest BCUT2D eigenvalue weighted by Gasteiger charge is 2.18. The minimum atomic E-state index is -0.581. The number of amides is 1. The van der Waals surface area contributed by atoms with Crippen LogP contribution in [0.15, 0.2) is 59.5 Å². The second-order valence-corrected chi connectivity index (χ2v) is 4.81. The van der Waals surface area contributed by atoms with Crippen LogP contribution in [0.2, 0.25) is 0 Å². The van der Waals surface area contributed by atoms with Crippen LogP contribution in [0.25, 0.3) is 10.9 Å². The highest BCUT2D eigenvalue weighted by molar-refractivity contribution is 6.06. The first kappa shape index (κ1) is 17.9. The van der Waals surface area contributed by atoms with E-state index >= 15 is 0 Å². The maximum atomic E-state index is 12.4. The summed E-state index contributed by atoms with van der Waals surface area (Å²) in [5.41, 5.74) is -0.234. The van der Waals surface area contributed by atoms with Crippen LogP contribution in [0, 0.1) is 10.1 Å². The molecule has 25 heavy (non-hydrogen) atoms. The molecule has 128 valence electrons. The van der Waals surface area contributed by atoms with Gasteiger partial charge in [0.1, 0.15) is 11.1 Å². The van der Waals surface area contributed by atoms with E-state index in [1.165, 1.54) is 24.4 Å². The number of aromatic nitrogens is 1. The number of para-hydroxylation sites is 2. The average molecular weight is 339 g/mol. The predicted octanol–water partition coefficient (Wildman–Crippen LogP) is 3.71. The average Bonchev–Trinajstić information content (AvgIpc) is 2.64. The summed E-state index contributed by atoms with van der Waals surface area (Å²) < 4.78 is 0. The highest BCUT2D eigenvalue weighted by Crippen LogP contribution is 2.21. The van der Waals surface area contributed by atoms with Gasteiger partial charge in [-0.15, -0.1) is 0 Å². The van der Waals surface area contributed by atoms with E-state index in [2.05, 4.69) is 10.3 Å². The van der Waals surface area contributed by atoms with Gasteiger partial charge in [-0.05, 0) is 18.2 Å². The molecule has 0 saturated heterocycles. The lowest BCUT2D eigenvalue weighted by Crippen LogP contribution is -2.22. The van der Waals surface area contributed by atoms with Gasteiger partial charge in [-0.3, -0.25) is 19.7 Å². The van der Waals surface area contributed by atoms with Gasteiger partial charge in [0, 0.05) is 18.0 Å². The normalized spacial score (nSPS) is 9.84. The Hall–Kier alpha value is -3.48. The molecule has 0 radical (unpaired) electrons. The molecule has 7 nitrogen and oxygen atoms in total. The van der Waals surface area contributed by atoms with Crippen LogP contribution in [0.1, 0.15) is 24.2 Å². The Kier molecular flexibility index (Phi) is 5.62. The maximum absolute atomic E-state index is 12.4. The van der Waals surface area contributed by atoms with Gasteiger partial charge in [0.25, 0.3) is 11.6 Å². The van der Waals surface area contributed by atoms with Crippen molar-refractivity contribution in [2.75, 3.05) is 5.32 Å². The Morgan fingerprint density at radius 1 is 1.08 bits per heavy atom. The molecule has 1 heterocycles. The molecule has 0 spiro atoms. The van der Waals surface area contributed by atoms with Gasteiger partial charge < -0.3 is 10.3 Å². The third-order valence-electron chi connectivity index (χ3n) is 3.37. The van der Waals surface area contributed by atoms with E-state index in [9.17, 15) is 19.7 Å². The molecule has 3 rings (SSSR count). The molecule has 1 aromatic heterocycles. The summed E-state index contributed by atoms with van der Waals surface area (Å²) in [5.74, 6) is -0.578. The van der Waals surface area contributed by atoms with Crippen LogP contribution in [0.3, 0.4) is 0 Å². The van der Waals surface area contributed by atoms with Gasteiger partial charge in [0.05, 0.1) is 10.3 Å². The van der Waals surface area contributed by atoms with E-state index in [0.717, 1.165) is 0 Å². The van der Waals surface area contributed by atoms with Gasteiger partial charge in [-0.25, -0.2) is 0 Å². The van der Waals surface area contributed by atoms with Crippen LogP contribution in [0.5, 0.6) is 0 Å². The minimum Gasteiger partial charge on any atom is -0.355 e. The molecular formula is C18H17N3O4. The number of carbonyl (C=O) groups excluding carboxylic acids is 1. The Morgan fingerprint density at radius 3 is 2.40 bits per heavy atom. The molecule has 0 bridgehead atoms. The van der Waals surface area contributed by atoms with Crippen molar-refractivity contribution in [2.24, 2.45) is 0 Å². The number of nitro groups is 1. The van der Waals surface area contributed by atoms with Gasteiger partial charge >= 0.3 is 0 Å². The summed E-state index contributed by atoms with van der Waals surface area (Å²) in [6, 6.07) is 12.8. The highest BCUT2D eigenvalue weighted by atomic mass is 16.6. The lowest BCUT2D eigenvalue weighted by molar-refractivity contribution is -0.383. The number of nitrogens with zero attached hydrogens (tertiary/aromatic N) is 1. The molecule has 2 N–H and O–H groups in total. The minimum absolute atomic E-state index is 0.0961. The van der Waals surface area contributed by atoms with Crippen LogP contribution < -0.4 is 10.7 Å². The number of benzene rings is 2. The first-order chi connectivity index (χ1) is 12.1. The largest absolute Gasteiger partial charge is 0.355 e. The topological polar surface area (TPSA) is 105 Å². The van der Waals surface area contributed by atoms with E-state index < -0.39 is 16.3 Å². The van der Waals surface area contributed by atoms with Crippen molar-refractivity contribution in [3.05, 3.63) is 80.6 Å². The van der Waals surface area contributed by atoms with Crippen LogP contribution in [-0.2, 0) is 0 Å². The fourth-order valence-corrected chi connectivity index (χ4v) is 2.28. The van der Waals surface area contributed by atoms with Crippen molar-refractivity contribution in [2.45, 2.75) is 13.8 Å². The number of carbonyl (C=O) groups is 1. The Morgan fingerprint density at radius 2 is 1.76 bits per heavy atom. The third kappa shape index (κ3) is 3.72. The molecule has 0 aliphatic carbocycles. The Bertz CT molecular complexity index is 965. The molecule has 0 fully saturated rings. The fourth-order valence-electron chi connectivity index (χ4n) is 2.28. The smallest absolute Gasteiger partial charge is 0.293 e. The van der Waals surface area contributed by atoms with Crippen molar-refractivity contribution < 1.29 is 9.72 Å². The van der Waals surface area contributed by atoms with E-state index in [-0.39, 0.29) is 22.2 Å². The molecular weight excluding hydrogens is 322 g/mol. The number of nitro benzene ring substituents is 1. The maximum Gasteiger partial charge on any atom is 0.293 e. The van der Waals surface area contributed by atoms with Crippen LogP contribution in [-0.4, -0.2) is 15.8 Å². The molecule has 0 aliphatic heterocycles. The van der Waals surface area contributed by atoms with Crippen molar-refractivity contribution >= 4 is 28.2 Å². The van der Waals surface area contributed by atoms with Crippen molar-refractivity contribution in [3.8, 4) is 0 Å². The predicted molar refractivity (Wildman–Crippen MR) is 97.0 cm³/mol. The number of fused-ring (bicyclic) bond motifs is 1. The monoisotopic (exact) mass is 339 g/mol. The summed E-state index contributed by atoms with van der Waals surface area (Å²) in [7, 11) is 0. The Labute approximate surface area is 143 Å². The number of nitrogens with one attached hydrogen (secondary N) is 2. The van der Waals surface area contributed by atoms with Gasteiger partial charge in [0.15, 0.2) is 0 Å². The lowest BCUT2D eigenvalue weighted by atomic mass is 10.1. The molecule has 3 aromatic rings.